The van der Waals surface area contributed by atoms with Crippen LogP contribution < -0.4 is 5.32 Å². The molecule has 2 rings (SSSR count). The summed E-state index contributed by atoms with van der Waals surface area (Å²) in [6.45, 7) is 3.97. The second-order valence-corrected chi connectivity index (χ2v) is 4.91. The molecule has 0 spiro atoms. The lowest BCUT2D eigenvalue weighted by Gasteiger charge is -2.29. The second-order valence-electron chi connectivity index (χ2n) is 4.91. The Kier molecular flexibility index (Phi) is 3.09. The van der Waals surface area contributed by atoms with E-state index < -0.39 is 5.54 Å². The van der Waals surface area contributed by atoms with Crippen molar-refractivity contribution in [3.63, 3.8) is 0 Å². The van der Waals surface area contributed by atoms with Crippen LogP contribution in [-0.2, 0) is 9.53 Å². The van der Waals surface area contributed by atoms with Gasteiger partial charge in [0.15, 0.2) is 0 Å². The SMILES string of the molecule is COC(=O)C(C)(Nc1ccccc1C)C1CC1. The summed E-state index contributed by atoms with van der Waals surface area (Å²) in [6.07, 6.45) is 2.18. The predicted octanol–water partition coefficient (Wildman–Crippen LogP) is 2.75. The topological polar surface area (TPSA) is 38.3 Å². The summed E-state index contributed by atoms with van der Waals surface area (Å²) in [5.41, 5.74) is 1.55. The molecule has 3 nitrogen and oxygen atoms in total. The second kappa shape index (κ2) is 4.40. The van der Waals surface area contributed by atoms with Gasteiger partial charge in [0, 0.05) is 5.69 Å². The van der Waals surface area contributed by atoms with Crippen molar-refractivity contribution in [2.24, 2.45) is 5.92 Å². The van der Waals surface area contributed by atoms with Crippen LogP contribution in [0.3, 0.4) is 0 Å². The van der Waals surface area contributed by atoms with Crippen LogP contribution in [0.2, 0.25) is 0 Å². The van der Waals surface area contributed by atoms with E-state index in [4.69, 9.17) is 4.74 Å². The molecule has 1 aliphatic rings. The van der Waals surface area contributed by atoms with E-state index in [9.17, 15) is 4.79 Å². The van der Waals surface area contributed by atoms with Crippen LogP contribution in [0.4, 0.5) is 5.69 Å². The van der Waals surface area contributed by atoms with Gasteiger partial charge in [-0.15, -0.1) is 0 Å². The van der Waals surface area contributed by atoms with Gasteiger partial charge in [0.1, 0.15) is 5.54 Å². The number of anilines is 1. The smallest absolute Gasteiger partial charge is 0.331 e. The quantitative estimate of drug-likeness (QED) is 0.813. The number of carbonyl (C=O) groups is 1. The van der Waals surface area contributed by atoms with Gasteiger partial charge in [-0.25, -0.2) is 4.79 Å². The molecule has 0 heterocycles. The Morgan fingerprint density at radius 3 is 2.59 bits per heavy atom. The first-order valence-corrected chi connectivity index (χ1v) is 6.00. The number of methoxy groups -OCH3 is 1. The van der Waals surface area contributed by atoms with Crippen LogP contribution in [0.15, 0.2) is 24.3 Å². The molecule has 1 aromatic carbocycles. The number of hydrogen-bond donors (Lipinski definition) is 1. The molecule has 17 heavy (non-hydrogen) atoms. The lowest BCUT2D eigenvalue weighted by molar-refractivity contribution is -0.146. The zero-order valence-corrected chi connectivity index (χ0v) is 10.6. The van der Waals surface area contributed by atoms with E-state index in [0.29, 0.717) is 5.92 Å². The van der Waals surface area contributed by atoms with E-state index in [1.807, 2.05) is 38.1 Å². The van der Waals surface area contributed by atoms with Crippen molar-refractivity contribution in [2.75, 3.05) is 12.4 Å². The molecule has 1 aliphatic carbocycles. The van der Waals surface area contributed by atoms with Crippen molar-refractivity contribution >= 4 is 11.7 Å². The molecule has 0 radical (unpaired) electrons. The first kappa shape index (κ1) is 12.0. The van der Waals surface area contributed by atoms with Crippen molar-refractivity contribution < 1.29 is 9.53 Å². The van der Waals surface area contributed by atoms with Gasteiger partial charge in [-0.3, -0.25) is 0 Å². The van der Waals surface area contributed by atoms with Crippen molar-refractivity contribution in [2.45, 2.75) is 32.2 Å². The third kappa shape index (κ3) is 2.28. The molecule has 0 saturated heterocycles. The first-order chi connectivity index (χ1) is 8.08. The molecular formula is C14H19NO2. The van der Waals surface area contributed by atoms with E-state index in [-0.39, 0.29) is 5.97 Å². The summed E-state index contributed by atoms with van der Waals surface area (Å²) in [5, 5.41) is 3.36. The Hall–Kier alpha value is -1.51. The third-order valence-corrected chi connectivity index (χ3v) is 3.54. The third-order valence-electron chi connectivity index (χ3n) is 3.54. The van der Waals surface area contributed by atoms with Gasteiger partial charge in [-0.2, -0.15) is 0 Å². The highest BCUT2D eigenvalue weighted by Crippen LogP contribution is 2.42. The maximum Gasteiger partial charge on any atom is 0.331 e. The summed E-state index contributed by atoms with van der Waals surface area (Å²) in [6, 6.07) is 8.00. The molecule has 3 heteroatoms. The minimum absolute atomic E-state index is 0.178. The minimum Gasteiger partial charge on any atom is -0.467 e. The number of nitrogens with one attached hydrogen (secondary N) is 1. The van der Waals surface area contributed by atoms with Gasteiger partial charge >= 0.3 is 5.97 Å². The summed E-state index contributed by atoms with van der Waals surface area (Å²) in [4.78, 5) is 11.9. The fourth-order valence-electron chi connectivity index (χ4n) is 2.19. The van der Waals surface area contributed by atoms with Gasteiger partial charge in [-0.05, 0) is 44.2 Å². The predicted molar refractivity (Wildman–Crippen MR) is 67.9 cm³/mol. The Morgan fingerprint density at radius 1 is 1.41 bits per heavy atom. The lowest BCUT2D eigenvalue weighted by atomic mass is 9.95. The Balaban J connectivity index is 2.24. The van der Waals surface area contributed by atoms with Crippen LogP contribution >= 0.6 is 0 Å². The highest BCUT2D eigenvalue weighted by molar-refractivity contribution is 5.85. The zero-order chi connectivity index (χ0) is 12.5. The Morgan fingerprint density at radius 2 is 2.06 bits per heavy atom. The van der Waals surface area contributed by atoms with Crippen LogP contribution in [-0.4, -0.2) is 18.6 Å². The average Bonchev–Trinajstić information content (AvgIpc) is 3.15. The van der Waals surface area contributed by atoms with Gasteiger partial charge in [0.05, 0.1) is 7.11 Å². The summed E-state index contributed by atoms with van der Waals surface area (Å²) >= 11 is 0. The van der Waals surface area contributed by atoms with Crippen molar-refractivity contribution in [1.82, 2.24) is 0 Å². The molecule has 1 fully saturated rings. The fourth-order valence-corrected chi connectivity index (χ4v) is 2.19. The Bertz CT molecular complexity index is 426. The highest BCUT2D eigenvalue weighted by Gasteiger charge is 2.48. The standard InChI is InChI=1S/C14H19NO2/c1-10-6-4-5-7-12(10)15-14(2,11-8-9-11)13(16)17-3/h4-7,11,15H,8-9H2,1-3H3. The van der Waals surface area contributed by atoms with Crippen LogP contribution in [0.5, 0.6) is 0 Å². The van der Waals surface area contributed by atoms with Crippen LogP contribution in [0, 0.1) is 12.8 Å². The number of carbonyl (C=O) groups excluding carboxylic acids is 1. The molecule has 92 valence electrons. The number of ether oxygens (including phenoxy) is 1. The molecule has 0 bridgehead atoms. The Labute approximate surface area is 102 Å². The van der Waals surface area contributed by atoms with Crippen molar-refractivity contribution in [1.29, 1.82) is 0 Å². The van der Waals surface area contributed by atoms with Gasteiger partial charge < -0.3 is 10.1 Å². The minimum atomic E-state index is -0.596. The zero-order valence-electron chi connectivity index (χ0n) is 10.6. The van der Waals surface area contributed by atoms with E-state index in [0.717, 1.165) is 24.1 Å². The normalized spacial score (nSPS) is 18.3. The van der Waals surface area contributed by atoms with Gasteiger partial charge in [0.2, 0.25) is 0 Å². The summed E-state index contributed by atoms with van der Waals surface area (Å²) in [5.74, 6) is 0.206. The molecule has 0 aromatic heterocycles. The molecule has 1 saturated carbocycles. The summed E-state index contributed by atoms with van der Waals surface area (Å²) < 4.78 is 4.93. The molecule has 1 aromatic rings. The molecule has 1 atom stereocenters. The van der Waals surface area contributed by atoms with Crippen molar-refractivity contribution in [3.8, 4) is 0 Å². The van der Waals surface area contributed by atoms with E-state index in [1.165, 1.54) is 7.11 Å². The first-order valence-electron chi connectivity index (χ1n) is 6.00. The number of benzene rings is 1. The largest absolute Gasteiger partial charge is 0.467 e. The fraction of sp³-hybridized carbons (Fsp3) is 0.500. The molecule has 0 aliphatic heterocycles. The maximum atomic E-state index is 11.9. The van der Waals surface area contributed by atoms with E-state index in [2.05, 4.69) is 5.32 Å². The number of aryl methyl sites for hydroxylation is 1. The summed E-state index contributed by atoms with van der Waals surface area (Å²) in [7, 11) is 1.45. The number of esters is 1. The lowest BCUT2D eigenvalue weighted by Crippen LogP contribution is -2.46. The van der Waals surface area contributed by atoms with Crippen LogP contribution in [0.25, 0.3) is 0 Å². The van der Waals surface area contributed by atoms with Gasteiger partial charge in [0.25, 0.3) is 0 Å². The van der Waals surface area contributed by atoms with E-state index in [1.54, 1.807) is 0 Å². The number of rotatable bonds is 4. The number of para-hydroxylation sites is 1. The maximum absolute atomic E-state index is 11.9. The van der Waals surface area contributed by atoms with Crippen LogP contribution in [0.1, 0.15) is 25.3 Å². The van der Waals surface area contributed by atoms with E-state index >= 15 is 0 Å². The molecule has 1 unspecified atom stereocenters. The van der Waals surface area contributed by atoms with Gasteiger partial charge in [-0.1, -0.05) is 18.2 Å². The molecular weight excluding hydrogens is 214 g/mol. The molecule has 1 N–H and O–H groups in total. The average molecular weight is 233 g/mol. The van der Waals surface area contributed by atoms with Crippen molar-refractivity contribution in [3.05, 3.63) is 29.8 Å². The number of hydrogen-bond acceptors (Lipinski definition) is 3. The monoisotopic (exact) mass is 233 g/mol. The highest BCUT2D eigenvalue weighted by atomic mass is 16.5. The molecule has 0 amide bonds.